The average molecular weight is 402 g/mol. The second-order valence-electron chi connectivity index (χ2n) is 6.88. The molecule has 0 aliphatic carbocycles. The quantitative estimate of drug-likeness (QED) is 0.725. The van der Waals surface area contributed by atoms with E-state index in [4.69, 9.17) is 20.8 Å². The molecule has 1 aromatic carbocycles. The summed E-state index contributed by atoms with van der Waals surface area (Å²) >= 11 is 6.30. The van der Waals surface area contributed by atoms with Gasteiger partial charge in [0.05, 0.1) is 22.8 Å². The number of halogens is 1. The maximum absolute atomic E-state index is 12.7. The normalized spacial score (nSPS) is 16.6. The average Bonchev–Trinajstić information content (AvgIpc) is 3.29. The molecule has 1 saturated heterocycles. The summed E-state index contributed by atoms with van der Waals surface area (Å²) in [7, 11) is 1.81. The van der Waals surface area contributed by atoms with Crippen molar-refractivity contribution in [2.45, 2.75) is 32.4 Å². The van der Waals surface area contributed by atoms with Gasteiger partial charge in [-0.1, -0.05) is 17.7 Å². The van der Waals surface area contributed by atoms with Gasteiger partial charge in [0, 0.05) is 19.0 Å². The lowest BCUT2D eigenvalue weighted by atomic mass is 10.1. The Morgan fingerprint density at radius 2 is 2.25 bits per heavy atom. The molecule has 1 unspecified atom stereocenters. The molecule has 4 rings (SSSR count). The Balaban J connectivity index is 1.57. The van der Waals surface area contributed by atoms with Gasteiger partial charge in [0.25, 0.3) is 5.91 Å². The minimum atomic E-state index is -0.660. The maximum Gasteiger partial charge on any atom is 0.349 e. The van der Waals surface area contributed by atoms with Gasteiger partial charge in [-0.3, -0.25) is 9.48 Å². The predicted octanol–water partition coefficient (Wildman–Crippen LogP) is 3.27. The van der Waals surface area contributed by atoms with Crippen LogP contribution in [-0.2, 0) is 18.3 Å². The van der Waals surface area contributed by atoms with Crippen LogP contribution in [0.4, 0.5) is 0 Å². The van der Waals surface area contributed by atoms with Crippen LogP contribution in [-0.4, -0.2) is 22.3 Å². The van der Waals surface area contributed by atoms with Crippen LogP contribution >= 0.6 is 11.6 Å². The number of nitrogens with zero attached hydrogens (tertiary/aromatic N) is 2. The lowest BCUT2D eigenvalue weighted by Crippen LogP contribution is -2.29. The van der Waals surface area contributed by atoms with Crippen molar-refractivity contribution in [2.75, 3.05) is 6.61 Å². The molecule has 0 saturated carbocycles. The fourth-order valence-corrected chi connectivity index (χ4v) is 3.87. The smallest absolute Gasteiger partial charge is 0.349 e. The topological polar surface area (TPSA) is 86.4 Å². The Kier molecular flexibility index (Phi) is 4.95. The number of carbonyl (C=O) groups is 1. The largest absolute Gasteiger partial charge is 0.424 e. The minimum Gasteiger partial charge on any atom is -0.424 e. The summed E-state index contributed by atoms with van der Waals surface area (Å²) in [5.41, 5.74) is 1.39. The van der Waals surface area contributed by atoms with E-state index in [2.05, 4.69) is 10.4 Å². The monoisotopic (exact) mass is 401 g/mol. The third kappa shape index (κ3) is 3.31. The van der Waals surface area contributed by atoms with Crippen LogP contribution in [0.5, 0.6) is 0 Å². The van der Waals surface area contributed by atoms with Crippen molar-refractivity contribution in [2.24, 2.45) is 7.05 Å². The molecular formula is C20H20ClN3O4. The second-order valence-corrected chi connectivity index (χ2v) is 7.29. The Bertz CT molecular complexity index is 1110. The van der Waals surface area contributed by atoms with Crippen LogP contribution in [0, 0.1) is 6.92 Å². The summed E-state index contributed by atoms with van der Waals surface area (Å²) in [4.78, 5) is 25.1. The first-order valence-corrected chi connectivity index (χ1v) is 9.48. The van der Waals surface area contributed by atoms with Crippen molar-refractivity contribution in [3.8, 4) is 0 Å². The van der Waals surface area contributed by atoms with Crippen molar-refractivity contribution >= 4 is 28.4 Å². The maximum atomic E-state index is 12.7. The standard InChI is InChI=1S/C20H20ClN3O4/c1-11-9-16(15-7-4-8-27-15)28-20(26)17(11)19(25)22-10-13-18-12(21)5-3-6-14(18)24(2)23-13/h3,5-6,9,15H,4,7-8,10H2,1-2H3,(H,22,25). The first-order chi connectivity index (χ1) is 13.5. The molecule has 1 fully saturated rings. The number of aromatic nitrogens is 2. The van der Waals surface area contributed by atoms with Crippen molar-refractivity contribution < 1.29 is 13.9 Å². The summed E-state index contributed by atoms with van der Waals surface area (Å²) in [6.07, 6.45) is 1.52. The SMILES string of the molecule is Cc1cc(C2CCCO2)oc(=O)c1C(=O)NCc1nn(C)c2cccc(Cl)c12. The summed E-state index contributed by atoms with van der Waals surface area (Å²) in [6.45, 7) is 2.51. The van der Waals surface area contributed by atoms with Gasteiger partial charge < -0.3 is 14.5 Å². The van der Waals surface area contributed by atoms with Gasteiger partial charge in [0.15, 0.2) is 0 Å². The van der Waals surface area contributed by atoms with Crippen LogP contribution in [0.15, 0.2) is 33.5 Å². The molecule has 28 heavy (non-hydrogen) atoms. The fourth-order valence-electron chi connectivity index (χ4n) is 3.60. The lowest BCUT2D eigenvalue weighted by Gasteiger charge is -2.11. The molecule has 7 nitrogen and oxygen atoms in total. The first kappa shape index (κ1) is 18.7. The highest BCUT2D eigenvalue weighted by atomic mass is 35.5. The van der Waals surface area contributed by atoms with Crippen LogP contribution < -0.4 is 10.9 Å². The molecule has 0 spiro atoms. The summed E-state index contributed by atoms with van der Waals surface area (Å²) in [6, 6.07) is 7.24. The highest BCUT2D eigenvalue weighted by Gasteiger charge is 2.24. The molecule has 146 valence electrons. The van der Waals surface area contributed by atoms with E-state index in [1.165, 1.54) is 0 Å². The molecule has 2 aromatic heterocycles. The molecular weight excluding hydrogens is 382 g/mol. The van der Waals surface area contributed by atoms with E-state index in [0.29, 0.717) is 28.6 Å². The molecule has 1 aliphatic rings. The number of aryl methyl sites for hydroxylation is 2. The second kappa shape index (κ2) is 7.41. The highest BCUT2D eigenvalue weighted by molar-refractivity contribution is 6.35. The number of amides is 1. The zero-order valence-corrected chi connectivity index (χ0v) is 16.4. The van der Waals surface area contributed by atoms with E-state index in [1.807, 2.05) is 19.2 Å². The van der Waals surface area contributed by atoms with Crippen molar-refractivity contribution in [1.82, 2.24) is 15.1 Å². The first-order valence-electron chi connectivity index (χ1n) is 9.10. The minimum absolute atomic E-state index is 0.00641. The number of ether oxygens (including phenoxy) is 1. The lowest BCUT2D eigenvalue weighted by molar-refractivity contribution is 0.0882. The molecule has 1 amide bonds. The molecule has 0 radical (unpaired) electrons. The van der Waals surface area contributed by atoms with E-state index >= 15 is 0 Å². The van der Waals surface area contributed by atoms with E-state index in [9.17, 15) is 9.59 Å². The van der Waals surface area contributed by atoms with E-state index in [0.717, 1.165) is 23.7 Å². The number of carbonyl (C=O) groups excluding carboxylic acids is 1. The number of fused-ring (bicyclic) bond motifs is 1. The fraction of sp³-hybridized carbons (Fsp3) is 0.350. The number of hydrogen-bond acceptors (Lipinski definition) is 5. The number of nitrogens with one attached hydrogen (secondary N) is 1. The molecule has 3 aromatic rings. The highest BCUT2D eigenvalue weighted by Crippen LogP contribution is 2.29. The molecule has 8 heteroatoms. The van der Waals surface area contributed by atoms with Gasteiger partial charge in [0.1, 0.15) is 17.4 Å². The van der Waals surface area contributed by atoms with Gasteiger partial charge in [-0.2, -0.15) is 5.10 Å². The van der Waals surface area contributed by atoms with Crippen molar-refractivity contribution in [1.29, 1.82) is 0 Å². The van der Waals surface area contributed by atoms with Crippen LogP contribution in [0.3, 0.4) is 0 Å². The molecule has 1 aliphatic heterocycles. The zero-order chi connectivity index (χ0) is 19.8. The number of rotatable bonds is 4. The summed E-state index contributed by atoms with van der Waals surface area (Å²) in [5, 5.41) is 8.52. The Labute approximate surface area is 166 Å². The summed E-state index contributed by atoms with van der Waals surface area (Å²) < 4.78 is 12.6. The zero-order valence-electron chi connectivity index (χ0n) is 15.6. The third-order valence-corrected chi connectivity index (χ3v) is 5.27. The van der Waals surface area contributed by atoms with Crippen molar-refractivity contribution in [3.05, 3.63) is 62.3 Å². The predicted molar refractivity (Wildman–Crippen MR) is 105 cm³/mol. The Morgan fingerprint density at radius 3 is 2.96 bits per heavy atom. The van der Waals surface area contributed by atoms with Gasteiger partial charge in [-0.05, 0) is 43.5 Å². The van der Waals surface area contributed by atoms with Crippen LogP contribution in [0.2, 0.25) is 5.02 Å². The third-order valence-electron chi connectivity index (χ3n) is 4.96. The Hall–Kier alpha value is -2.64. The van der Waals surface area contributed by atoms with Gasteiger partial charge in [0.2, 0.25) is 0 Å². The van der Waals surface area contributed by atoms with E-state index in [-0.39, 0.29) is 18.2 Å². The van der Waals surface area contributed by atoms with Crippen molar-refractivity contribution in [3.63, 3.8) is 0 Å². The molecule has 1 N–H and O–H groups in total. The number of benzene rings is 1. The van der Waals surface area contributed by atoms with E-state index < -0.39 is 11.5 Å². The molecule has 0 bridgehead atoms. The molecule has 3 heterocycles. The van der Waals surface area contributed by atoms with Gasteiger partial charge >= 0.3 is 5.63 Å². The van der Waals surface area contributed by atoms with Crippen LogP contribution in [0.1, 0.15) is 46.3 Å². The van der Waals surface area contributed by atoms with Gasteiger partial charge in [-0.15, -0.1) is 0 Å². The number of hydrogen-bond donors (Lipinski definition) is 1. The van der Waals surface area contributed by atoms with E-state index in [1.54, 1.807) is 23.7 Å². The molecule has 1 atom stereocenters. The Morgan fingerprint density at radius 1 is 1.43 bits per heavy atom. The van der Waals surface area contributed by atoms with Gasteiger partial charge in [-0.25, -0.2) is 4.79 Å². The summed E-state index contributed by atoms with van der Waals surface area (Å²) in [5.74, 6) is -0.0324. The van der Waals surface area contributed by atoms with Crippen LogP contribution in [0.25, 0.3) is 10.9 Å².